The molecule has 0 saturated heterocycles. The number of benzene rings is 2. The highest BCUT2D eigenvalue weighted by atomic mass is 35.5. The van der Waals surface area contributed by atoms with Gasteiger partial charge in [0.1, 0.15) is 5.76 Å². The van der Waals surface area contributed by atoms with Crippen molar-refractivity contribution >= 4 is 23.2 Å². The first-order chi connectivity index (χ1) is 10.6. The quantitative estimate of drug-likeness (QED) is 0.726. The van der Waals surface area contributed by atoms with Gasteiger partial charge in [0, 0.05) is 16.3 Å². The second-order valence-corrected chi connectivity index (χ2v) is 5.33. The van der Waals surface area contributed by atoms with Crippen LogP contribution in [-0.2, 0) is 0 Å². The van der Waals surface area contributed by atoms with Gasteiger partial charge in [-0.15, -0.1) is 0 Å². The number of amides is 1. The van der Waals surface area contributed by atoms with Crippen molar-refractivity contribution in [3.63, 3.8) is 0 Å². The van der Waals surface area contributed by atoms with Gasteiger partial charge in [0.15, 0.2) is 0 Å². The normalized spacial score (nSPS) is 10.5. The Morgan fingerprint density at radius 1 is 1.05 bits per heavy atom. The van der Waals surface area contributed by atoms with E-state index >= 15 is 0 Å². The molecule has 0 bridgehead atoms. The van der Waals surface area contributed by atoms with Crippen molar-refractivity contribution in [2.45, 2.75) is 6.92 Å². The Morgan fingerprint density at radius 3 is 2.45 bits per heavy atom. The van der Waals surface area contributed by atoms with Crippen LogP contribution in [0.5, 0.6) is 0 Å². The zero-order valence-corrected chi connectivity index (χ0v) is 12.7. The van der Waals surface area contributed by atoms with E-state index in [4.69, 9.17) is 16.0 Å². The lowest BCUT2D eigenvalue weighted by Crippen LogP contribution is -2.12. The number of carbonyl (C=O) groups is 1. The molecule has 3 aromatic rings. The molecule has 0 fully saturated rings. The number of hydrogen-bond acceptors (Lipinski definition) is 2. The Hall–Kier alpha value is -2.52. The summed E-state index contributed by atoms with van der Waals surface area (Å²) >= 11 is 5.93. The fraction of sp³-hybridized carbons (Fsp3) is 0.0556. The molecule has 1 heterocycles. The number of halogens is 1. The van der Waals surface area contributed by atoms with Crippen LogP contribution < -0.4 is 5.32 Å². The molecule has 0 aliphatic heterocycles. The number of aryl methyl sites for hydroxylation is 1. The van der Waals surface area contributed by atoms with Gasteiger partial charge in [-0.1, -0.05) is 41.9 Å². The predicted molar refractivity (Wildman–Crippen MR) is 88.3 cm³/mol. The van der Waals surface area contributed by atoms with Crippen molar-refractivity contribution in [1.29, 1.82) is 0 Å². The van der Waals surface area contributed by atoms with E-state index in [1.807, 2.05) is 48.5 Å². The summed E-state index contributed by atoms with van der Waals surface area (Å²) in [5.41, 5.74) is 3.21. The largest absolute Gasteiger partial charge is 0.469 e. The summed E-state index contributed by atoms with van der Waals surface area (Å²) in [4.78, 5) is 12.3. The highest BCUT2D eigenvalue weighted by Gasteiger charge is 2.13. The summed E-state index contributed by atoms with van der Waals surface area (Å²) in [6.07, 6.45) is 1.51. The monoisotopic (exact) mass is 311 g/mol. The van der Waals surface area contributed by atoms with Gasteiger partial charge in [0.05, 0.1) is 11.8 Å². The minimum absolute atomic E-state index is 0.187. The number of furan rings is 1. The summed E-state index contributed by atoms with van der Waals surface area (Å²) < 4.78 is 5.18. The first kappa shape index (κ1) is 14.4. The zero-order chi connectivity index (χ0) is 15.5. The molecule has 2 aromatic carbocycles. The van der Waals surface area contributed by atoms with Crippen molar-refractivity contribution in [1.82, 2.24) is 0 Å². The van der Waals surface area contributed by atoms with E-state index in [1.54, 1.807) is 13.0 Å². The molecule has 3 nitrogen and oxygen atoms in total. The summed E-state index contributed by atoms with van der Waals surface area (Å²) in [5, 5.41) is 3.61. The number of para-hydroxylation sites is 1. The van der Waals surface area contributed by atoms with Crippen molar-refractivity contribution in [2.24, 2.45) is 0 Å². The van der Waals surface area contributed by atoms with Crippen LogP contribution in [0.2, 0.25) is 5.02 Å². The van der Waals surface area contributed by atoms with Crippen LogP contribution in [0, 0.1) is 6.92 Å². The third-order valence-electron chi connectivity index (χ3n) is 3.43. The van der Waals surface area contributed by atoms with Gasteiger partial charge in [0.25, 0.3) is 5.91 Å². The fourth-order valence-corrected chi connectivity index (χ4v) is 2.41. The minimum Gasteiger partial charge on any atom is -0.469 e. The topological polar surface area (TPSA) is 42.2 Å². The summed E-state index contributed by atoms with van der Waals surface area (Å²) in [5.74, 6) is 0.411. The SMILES string of the molecule is Cc1occc1C(=O)Nc1ccccc1-c1ccc(Cl)cc1. The first-order valence-corrected chi connectivity index (χ1v) is 7.23. The van der Waals surface area contributed by atoms with Crippen LogP contribution in [0.3, 0.4) is 0 Å². The van der Waals surface area contributed by atoms with Gasteiger partial charge >= 0.3 is 0 Å². The Balaban J connectivity index is 1.93. The molecule has 0 aliphatic carbocycles. The molecule has 3 rings (SSSR count). The second kappa shape index (κ2) is 6.08. The van der Waals surface area contributed by atoms with Crippen molar-refractivity contribution < 1.29 is 9.21 Å². The van der Waals surface area contributed by atoms with Crippen molar-refractivity contribution in [2.75, 3.05) is 5.32 Å². The van der Waals surface area contributed by atoms with E-state index in [-0.39, 0.29) is 5.91 Å². The molecule has 0 spiro atoms. The van der Waals surface area contributed by atoms with E-state index < -0.39 is 0 Å². The minimum atomic E-state index is -0.187. The lowest BCUT2D eigenvalue weighted by molar-refractivity contribution is 0.102. The van der Waals surface area contributed by atoms with E-state index in [0.717, 1.165) is 16.8 Å². The molecule has 0 radical (unpaired) electrons. The van der Waals surface area contributed by atoms with Gasteiger partial charge in [-0.05, 0) is 36.8 Å². The van der Waals surface area contributed by atoms with E-state index in [2.05, 4.69) is 5.32 Å². The van der Waals surface area contributed by atoms with Crippen LogP contribution in [0.15, 0.2) is 65.3 Å². The van der Waals surface area contributed by atoms with Crippen molar-refractivity contribution in [3.8, 4) is 11.1 Å². The smallest absolute Gasteiger partial charge is 0.259 e. The average Bonchev–Trinajstić information content (AvgIpc) is 2.95. The Morgan fingerprint density at radius 2 is 1.77 bits per heavy atom. The van der Waals surface area contributed by atoms with E-state index in [0.29, 0.717) is 16.3 Å². The van der Waals surface area contributed by atoms with E-state index in [9.17, 15) is 4.79 Å². The molecule has 110 valence electrons. The fourth-order valence-electron chi connectivity index (χ4n) is 2.28. The van der Waals surface area contributed by atoms with Gasteiger partial charge in [-0.2, -0.15) is 0 Å². The molecule has 1 N–H and O–H groups in total. The van der Waals surface area contributed by atoms with Crippen molar-refractivity contribution in [3.05, 3.63) is 77.2 Å². The summed E-state index contributed by atoms with van der Waals surface area (Å²) in [6.45, 7) is 1.76. The highest BCUT2D eigenvalue weighted by Crippen LogP contribution is 2.29. The Kier molecular flexibility index (Phi) is 3.98. The lowest BCUT2D eigenvalue weighted by Gasteiger charge is -2.11. The Labute approximate surface area is 133 Å². The maximum absolute atomic E-state index is 12.3. The summed E-state index contributed by atoms with van der Waals surface area (Å²) in [6, 6.07) is 16.8. The highest BCUT2D eigenvalue weighted by molar-refractivity contribution is 6.30. The molecule has 0 aliphatic rings. The number of hydrogen-bond donors (Lipinski definition) is 1. The predicted octanol–water partition coefficient (Wildman–Crippen LogP) is 5.16. The molecular formula is C18H14ClNO2. The number of nitrogens with one attached hydrogen (secondary N) is 1. The molecule has 4 heteroatoms. The molecule has 0 saturated carbocycles. The summed E-state index contributed by atoms with van der Waals surface area (Å²) in [7, 11) is 0. The maximum Gasteiger partial charge on any atom is 0.259 e. The van der Waals surface area contributed by atoms with Crippen LogP contribution in [0.1, 0.15) is 16.1 Å². The van der Waals surface area contributed by atoms with Gasteiger partial charge in [-0.25, -0.2) is 0 Å². The molecular weight excluding hydrogens is 298 g/mol. The Bertz CT molecular complexity index is 806. The molecule has 1 aromatic heterocycles. The van der Waals surface area contributed by atoms with Gasteiger partial charge in [-0.3, -0.25) is 4.79 Å². The van der Waals surface area contributed by atoms with E-state index in [1.165, 1.54) is 6.26 Å². The number of anilines is 1. The van der Waals surface area contributed by atoms with Gasteiger partial charge in [0.2, 0.25) is 0 Å². The molecule has 0 unspecified atom stereocenters. The number of rotatable bonds is 3. The maximum atomic E-state index is 12.3. The van der Waals surface area contributed by atoms with Crippen LogP contribution in [0.4, 0.5) is 5.69 Å². The van der Waals surface area contributed by atoms with Gasteiger partial charge < -0.3 is 9.73 Å². The third-order valence-corrected chi connectivity index (χ3v) is 3.69. The lowest BCUT2D eigenvalue weighted by atomic mass is 10.0. The van der Waals surface area contributed by atoms with Crippen LogP contribution >= 0.6 is 11.6 Å². The zero-order valence-electron chi connectivity index (χ0n) is 12.0. The molecule has 0 atom stereocenters. The molecule has 1 amide bonds. The average molecular weight is 312 g/mol. The molecule has 22 heavy (non-hydrogen) atoms. The van der Waals surface area contributed by atoms with Crippen LogP contribution in [-0.4, -0.2) is 5.91 Å². The first-order valence-electron chi connectivity index (χ1n) is 6.85. The third kappa shape index (κ3) is 2.90. The standard InChI is InChI=1S/C18H14ClNO2/c1-12-15(10-11-22-12)18(21)20-17-5-3-2-4-16(17)13-6-8-14(19)9-7-13/h2-11H,1H3,(H,20,21). The number of carbonyl (C=O) groups excluding carboxylic acids is 1. The van der Waals surface area contributed by atoms with Crippen LogP contribution in [0.25, 0.3) is 11.1 Å². The second-order valence-electron chi connectivity index (χ2n) is 4.90.